The minimum Gasteiger partial charge on any atom is -0.444 e. The fourth-order valence-electron chi connectivity index (χ4n) is 1.68. The number of halogens is 1. The van der Waals surface area contributed by atoms with Crippen LogP contribution in [0.1, 0.15) is 10.6 Å². The molecule has 0 bridgehead atoms. The number of nitrogens with zero attached hydrogens (tertiary/aromatic N) is 2. The van der Waals surface area contributed by atoms with Crippen molar-refractivity contribution in [1.29, 1.82) is 0 Å². The number of anilines is 1. The molecule has 3 heterocycles. The van der Waals surface area contributed by atoms with Crippen molar-refractivity contribution < 1.29 is 9.21 Å². The predicted octanol–water partition coefficient (Wildman–Crippen LogP) is 3.08. The van der Waals surface area contributed by atoms with Crippen LogP contribution in [0.2, 0.25) is 0 Å². The summed E-state index contributed by atoms with van der Waals surface area (Å²) in [4.78, 5) is 15.8. The third-order valence-electron chi connectivity index (χ3n) is 2.61. The molecular weight excluding hydrogens is 324 g/mol. The van der Waals surface area contributed by atoms with E-state index in [1.807, 2.05) is 12.1 Å². The zero-order chi connectivity index (χ0) is 13.9. The quantitative estimate of drug-likeness (QED) is 0.771. The maximum absolute atomic E-state index is 11.9. The molecule has 0 saturated carbocycles. The van der Waals surface area contributed by atoms with E-state index in [0.717, 1.165) is 11.3 Å². The van der Waals surface area contributed by atoms with Gasteiger partial charge in [0, 0.05) is 24.0 Å². The van der Waals surface area contributed by atoms with E-state index >= 15 is 0 Å². The van der Waals surface area contributed by atoms with Gasteiger partial charge in [0.1, 0.15) is 0 Å². The number of furan rings is 1. The van der Waals surface area contributed by atoms with Gasteiger partial charge in [-0.25, -0.2) is 0 Å². The van der Waals surface area contributed by atoms with Crippen molar-refractivity contribution in [1.82, 2.24) is 15.2 Å². The molecule has 0 aliphatic rings. The lowest BCUT2D eigenvalue weighted by Gasteiger charge is -1.97. The van der Waals surface area contributed by atoms with E-state index in [4.69, 9.17) is 4.42 Å². The van der Waals surface area contributed by atoms with Gasteiger partial charge in [-0.1, -0.05) is 0 Å². The average Bonchev–Trinajstić information content (AvgIpc) is 3.09. The van der Waals surface area contributed by atoms with Gasteiger partial charge in [-0.15, -0.1) is 0 Å². The first-order valence-corrected chi connectivity index (χ1v) is 6.54. The van der Waals surface area contributed by atoms with Crippen LogP contribution in [0.25, 0.3) is 11.3 Å². The Bertz CT molecular complexity index is 736. The number of pyridine rings is 1. The fourth-order valence-corrected chi connectivity index (χ4v) is 1.99. The van der Waals surface area contributed by atoms with Gasteiger partial charge < -0.3 is 9.73 Å². The van der Waals surface area contributed by atoms with Gasteiger partial charge in [-0.05, 0) is 40.2 Å². The summed E-state index contributed by atoms with van der Waals surface area (Å²) in [6.07, 6.45) is 3.38. The van der Waals surface area contributed by atoms with Crippen LogP contribution in [-0.2, 0) is 0 Å². The van der Waals surface area contributed by atoms with E-state index < -0.39 is 0 Å². The molecule has 0 aliphatic carbocycles. The largest absolute Gasteiger partial charge is 0.444 e. The molecule has 0 saturated heterocycles. The Labute approximate surface area is 122 Å². The van der Waals surface area contributed by atoms with Gasteiger partial charge in [-0.3, -0.25) is 14.9 Å². The van der Waals surface area contributed by atoms with Gasteiger partial charge in [0.2, 0.25) is 0 Å². The number of hydrogen-bond donors (Lipinski definition) is 2. The minimum absolute atomic E-state index is 0.213. The Morgan fingerprint density at radius 2 is 2.05 bits per heavy atom. The summed E-state index contributed by atoms with van der Waals surface area (Å²) in [5.74, 6) is 0.281. The molecule has 0 unspecified atom stereocenters. The SMILES string of the molecule is O=C(Nc1cc(-c2ccncc2)[nH]n1)c1ccc(Br)o1. The second kappa shape index (κ2) is 5.30. The van der Waals surface area contributed by atoms with Crippen LogP contribution >= 0.6 is 15.9 Å². The highest BCUT2D eigenvalue weighted by Crippen LogP contribution is 2.20. The van der Waals surface area contributed by atoms with Crippen LogP contribution in [0, 0.1) is 0 Å². The molecule has 0 radical (unpaired) electrons. The zero-order valence-corrected chi connectivity index (χ0v) is 11.7. The van der Waals surface area contributed by atoms with E-state index in [1.165, 1.54) is 0 Å². The van der Waals surface area contributed by atoms with Crippen LogP contribution in [-0.4, -0.2) is 21.1 Å². The maximum Gasteiger partial charge on any atom is 0.292 e. The van der Waals surface area contributed by atoms with Crippen molar-refractivity contribution in [2.45, 2.75) is 0 Å². The summed E-state index contributed by atoms with van der Waals surface area (Å²) in [5.41, 5.74) is 1.73. The van der Waals surface area contributed by atoms with Crippen molar-refractivity contribution >= 4 is 27.7 Å². The van der Waals surface area contributed by atoms with E-state index in [-0.39, 0.29) is 11.7 Å². The smallest absolute Gasteiger partial charge is 0.292 e. The van der Waals surface area contributed by atoms with Crippen LogP contribution in [0.3, 0.4) is 0 Å². The molecule has 3 rings (SSSR count). The molecule has 1 amide bonds. The summed E-state index contributed by atoms with van der Waals surface area (Å²) in [6.45, 7) is 0. The van der Waals surface area contributed by atoms with Crippen LogP contribution < -0.4 is 5.32 Å². The van der Waals surface area contributed by atoms with Crippen molar-refractivity contribution in [3.63, 3.8) is 0 Å². The topological polar surface area (TPSA) is 83.8 Å². The molecule has 7 heteroatoms. The number of amides is 1. The molecule has 0 fully saturated rings. The van der Waals surface area contributed by atoms with Gasteiger partial charge in [0.15, 0.2) is 16.2 Å². The number of carbonyl (C=O) groups is 1. The Kier molecular flexibility index (Phi) is 3.34. The molecule has 6 nitrogen and oxygen atoms in total. The molecule has 0 aliphatic heterocycles. The van der Waals surface area contributed by atoms with Crippen LogP contribution in [0.4, 0.5) is 5.82 Å². The highest BCUT2D eigenvalue weighted by molar-refractivity contribution is 9.10. The lowest BCUT2D eigenvalue weighted by molar-refractivity contribution is 0.0995. The molecule has 0 aromatic carbocycles. The summed E-state index contributed by atoms with van der Waals surface area (Å²) in [6, 6.07) is 8.68. The highest BCUT2D eigenvalue weighted by Gasteiger charge is 2.12. The highest BCUT2D eigenvalue weighted by atomic mass is 79.9. The second-order valence-corrected chi connectivity index (χ2v) is 4.74. The number of rotatable bonds is 3. The molecule has 0 atom stereocenters. The standard InChI is InChI=1S/C13H9BrN4O2/c14-11-2-1-10(20-11)13(19)16-12-7-9(17-18-12)8-3-5-15-6-4-8/h1-7H,(H2,16,17,18,19). The van der Waals surface area contributed by atoms with E-state index in [2.05, 4.69) is 36.4 Å². The first kappa shape index (κ1) is 12.6. The third-order valence-corrected chi connectivity index (χ3v) is 3.03. The van der Waals surface area contributed by atoms with Gasteiger partial charge >= 0.3 is 0 Å². The monoisotopic (exact) mass is 332 g/mol. The van der Waals surface area contributed by atoms with Gasteiger partial charge in [0.05, 0.1) is 5.69 Å². The first-order valence-electron chi connectivity index (χ1n) is 5.75. The van der Waals surface area contributed by atoms with E-state index in [0.29, 0.717) is 10.5 Å². The molecule has 3 aromatic rings. The van der Waals surface area contributed by atoms with Crippen molar-refractivity contribution in [2.24, 2.45) is 0 Å². The Hall–Kier alpha value is -2.41. The fraction of sp³-hybridized carbons (Fsp3) is 0. The molecule has 2 N–H and O–H groups in total. The summed E-state index contributed by atoms with van der Waals surface area (Å²) >= 11 is 3.15. The maximum atomic E-state index is 11.9. The number of hydrogen-bond acceptors (Lipinski definition) is 4. The molecular formula is C13H9BrN4O2. The van der Waals surface area contributed by atoms with Crippen molar-refractivity contribution in [2.75, 3.05) is 5.32 Å². The van der Waals surface area contributed by atoms with Gasteiger partial charge in [0.25, 0.3) is 5.91 Å². The first-order chi connectivity index (χ1) is 9.72. The predicted molar refractivity (Wildman–Crippen MR) is 76.2 cm³/mol. The number of nitrogens with one attached hydrogen (secondary N) is 2. The van der Waals surface area contributed by atoms with Crippen LogP contribution in [0.15, 0.2) is 51.8 Å². The van der Waals surface area contributed by atoms with E-state index in [9.17, 15) is 4.79 Å². The normalized spacial score (nSPS) is 10.4. The Morgan fingerprint density at radius 1 is 1.25 bits per heavy atom. The number of aromatic nitrogens is 3. The third kappa shape index (κ3) is 2.62. The molecule has 0 spiro atoms. The lowest BCUT2D eigenvalue weighted by Crippen LogP contribution is -2.10. The van der Waals surface area contributed by atoms with Crippen molar-refractivity contribution in [3.05, 3.63) is 53.2 Å². The van der Waals surface area contributed by atoms with Crippen LogP contribution in [0.5, 0.6) is 0 Å². The second-order valence-electron chi connectivity index (χ2n) is 3.96. The molecule has 100 valence electrons. The number of aromatic amines is 1. The number of H-pyrrole nitrogens is 1. The Morgan fingerprint density at radius 3 is 2.75 bits per heavy atom. The zero-order valence-electron chi connectivity index (χ0n) is 10.1. The summed E-state index contributed by atoms with van der Waals surface area (Å²) in [7, 11) is 0. The van der Waals surface area contributed by atoms with Crippen molar-refractivity contribution in [3.8, 4) is 11.3 Å². The molecule has 20 heavy (non-hydrogen) atoms. The summed E-state index contributed by atoms with van der Waals surface area (Å²) in [5, 5.41) is 9.54. The average molecular weight is 333 g/mol. The molecule has 3 aromatic heterocycles. The Balaban J connectivity index is 1.76. The number of carbonyl (C=O) groups excluding carboxylic acids is 1. The lowest BCUT2D eigenvalue weighted by atomic mass is 10.2. The summed E-state index contributed by atoms with van der Waals surface area (Å²) < 4.78 is 5.67. The van der Waals surface area contributed by atoms with E-state index in [1.54, 1.807) is 30.6 Å². The minimum atomic E-state index is -0.358. The van der Waals surface area contributed by atoms with Gasteiger partial charge in [-0.2, -0.15) is 5.10 Å².